The van der Waals surface area contributed by atoms with Gasteiger partial charge in [-0.2, -0.15) is 0 Å². The second-order valence-electron chi connectivity index (χ2n) is 5.99. The van der Waals surface area contributed by atoms with Gasteiger partial charge in [0.05, 0.1) is 13.2 Å². The van der Waals surface area contributed by atoms with Crippen LogP contribution in [0, 0.1) is 5.92 Å². The molecule has 3 rings (SSSR count). The molecule has 1 aromatic heterocycles. The predicted molar refractivity (Wildman–Crippen MR) is 95.5 cm³/mol. The average Bonchev–Trinajstić information content (AvgIpc) is 3.49. The zero-order valence-electron chi connectivity index (χ0n) is 14.2. The van der Waals surface area contributed by atoms with E-state index in [2.05, 4.69) is 25.9 Å². The van der Waals surface area contributed by atoms with Gasteiger partial charge in [-0.3, -0.25) is 0 Å². The van der Waals surface area contributed by atoms with E-state index in [0.29, 0.717) is 25.0 Å². The van der Waals surface area contributed by atoms with Crippen molar-refractivity contribution in [1.82, 2.24) is 20.6 Å². The number of ether oxygens (including phenoxy) is 1. The van der Waals surface area contributed by atoms with E-state index in [0.717, 1.165) is 24.2 Å². The number of benzene rings is 1. The van der Waals surface area contributed by atoms with Gasteiger partial charge < -0.3 is 20.7 Å². The number of carbonyl (C=O) groups is 1. The van der Waals surface area contributed by atoms with Crippen LogP contribution in [0.4, 0.5) is 10.7 Å². The van der Waals surface area contributed by atoms with E-state index in [4.69, 9.17) is 4.74 Å². The molecule has 1 aromatic carbocycles. The van der Waals surface area contributed by atoms with Crippen molar-refractivity contribution in [2.24, 2.45) is 5.92 Å². The third-order valence-electron chi connectivity index (χ3n) is 4.11. The van der Waals surface area contributed by atoms with E-state index < -0.39 is 0 Å². The second-order valence-corrected chi connectivity index (χ2v) is 5.99. The summed E-state index contributed by atoms with van der Waals surface area (Å²) in [6.45, 7) is 1.05. The lowest BCUT2D eigenvalue weighted by atomic mass is 10.0. The van der Waals surface area contributed by atoms with Gasteiger partial charge in [-0.05, 0) is 42.5 Å². The highest BCUT2D eigenvalue weighted by molar-refractivity contribution is 5.74. The molecule has 0 saturated heterocycles. The molecule has 1 heterocycles. The number of aromatic nitrogens is 2. The van der Waals surface area contributed by atoms with Crippen LogP contribution in [-0.2, 0) is 0 Å². The SMILES string of the molecule is COc1ccc([C@H](NC(=O)NCCNc2ncccn2)C2CC2)cc1. The Bertz CT molecular complexity index is 674. The summed E-state index contributed by atoms with van der Waals surface area (Å²) in [5, 5.41) is 9.00. The number of carbonyl (C=O) groups excluding carboxylic acids is 1. The highest BCUT2D eigenvalue weighted by Crippen LogP contribution is 2.41. The predicted octanol–water partition coefficient (Wildman–Crippen LogP) is 2.35. The lowest BCUT2D eigenvalue weighted by Gasteiger charge is -2.19. The van der Waals surface area contributed by atoms with Crippen molar-refractivity contribution in [2.75, 3.05) is 25.5 Å². The van der Waals surface area contributed by atoms with E-state index in [9.17, 15) is 4.79 Å². The van der Waals surface area contributed by atoms with Crippen LogP contribution in [0.1, 0.15) is 24.4 Å². The lowest BCUT2D eigenvalue weighted by Crippen LogP contribution is -2.40. The quantitative estimate of drug-likeness (QED) is 0.642. The number of anilines is 1. The van der Waals surface area contributed by atoms with Gasteiger partial charge in [-0.25, -0.2) is 14.8 Å². The summed E-state index contributed by atoms with van der Waals surface area (Å²) >= 11 is 0. The van der Waals surface area contributed by atoms with Crippen molar-refractivity contribution in [1.29, 1.82) is 0 Å². The Morgan fingerprint density at radius 3 is 2.56 bits per heavy atom. The first-order chi connectivity index (χ1) is 12.3. The van der Waals surface area contributed by atoms with Gasteiger partial charge in [-0.1, -0.05) is 12.1 Å². The number of urea groups is 1. The maximum Gasteiger partial charge on any atom is 0.315 e. The van der Waals surface area contributed by atoms with Crippen molar-refractivity contribution in [3.63, 3.8) is 0 Å². The van der Waals surface area contributed by atoms with Gasteiger partial charge in [0.1, 0.15) is 5.75 Å². The molecule has 0 aliphatic heterocycles. The van der Waals surface area contributed by atoms with E-state index in [-0.39, 0.29) is 12.1 Å². The molecule has 0 spiro atoms. The molecule has 7 nitrogen and oxygen atoms in total. The summed E-state index contributed by atoms with van der Waals surface area (Å²) in [6, 6.07) is 9.50. The van der Waals surface area contributed by atoms with E-state index in [1.165, 1.54) is 0 Å². The van der Waals surface area contributed by atoms with Gasteiger partial charge >= 0.3 is 6.03 Å². The first kappa shape index (κ1) is 17.0. The van der Waals surface area contributed by atoms with Crippen LogP contribution < -0.4 is 20.7 Å². The summed E-state index contributed by atoms with van der Waals surface area (Å²) in [7, 11) is 1.65. The molecule has 132 valence electrons. The van der Waals surface area contributed by atoms with Crippen molar-refractivity contribution in [2.45, 2.75) is 18.9 Å². The zero-order valence-corrected chi connectivity index (χ0v) is 14.2. The van der Waals surface area contributed by atoms with Crippen molar-refractivity contribution in [3.05, 3.63) is 48.3 Å². The number of rotatable bonds is 8. The standard InChI is InChI=1S/C18H23N5O2/c1-25-15-7-5-14(6-8-15)16(13-3-4-13)23-18(24)22-12-11-21-17-19-9-2-10-20-17/h2,5-10,13,16H,3-4,11-12H2,1H3,(H,19,20,21)(H2,22,23,24)/t16-/m1/s1. The average molecular weight is 341 g/mol. The van der Waals surface area contributed by atoms with Gasteiger partial charge in [0, 0.05) is 25.5 Å². The third-order valence-corrected chi connectivity index (χ3v) is 4.11. The zero-order chi connectivity index (χ0) is 17.5. The molecular formula is C18H23N5O2. The van der Waals surface area contributed by atoms with E-state index in [1.54, 1.807) is 25.6 Å². The largest absolute Gasteiger partial charge is 0.497 e. The van der Waals surface area contributed by atoms with E-state index in [1.807, 2.05) is 24.3 Å². The molecule has 0 radical (unpaired) electrons. The van der Waals surface area contributed by atoms with Crippen molar-refractivity contribution in [3.8, 4) is 5.75 Å². The Balaban J connectivity index is 1.46. The van der Waals surface area contributed by atoms with Crippen molar-refractivity contribution >= 4 is 12.0 Å². The minimum absolute atomic E-state index is 0.0383. The maximum absolute atomic E-state index is 12.2. The number of hydrogen-bond acceptors (Lipinski definition) is 5. The number of nitrogens with one attached hydrogen (secondary N) is 3. The molecule has 0 unspecified atom stereocenters. The van der Waals surface area contributed by atoms with Crippen LogP contribution in [0.25, 0.3) is 0 Å². The molecule has 2 aromatic rings. The number of nitrogens with zero attached hydrogens (tertiary/aromatic N) is 2. The molecule has 2 amide bonds. The maximum atomic E-state index is 12.2. The molecule has 1 atom stereocenters. The fraction of sp³-hybridized carbons (Fsp3) is 0.389. The molecule has 1 aliphatic rings. The number of amides is 2. The van der Waals surface area contributed by atoms with Crippen molar-refractivity contribution < 1.29 is 9.53 Å². The molecule has 1 fully saturated rings. The van der Waals surface area contributed by atoms with Crippen LogP contribution in [-0.4, -0.2) is 36.2 Å². The minimum atomic E-state index is -0.163. The van der Waals surface area contributed by atoms with Crippen LogP contribution in [0.5, 0.6) is 5.75 Å². The Labute approximate surface area is 147 Å². The summed E-state index contributed by atoms with van der Waals surface area (Å²) in [6.07, 6.45) is 5.63. The fourth-order valence-electron chi connectivity index (χ4n) is 2.65. The van der Waals surface area contributed by atoms with Gasteiger partial charge in [-0.15, -0.1) is 0 Å². The summed E-state index contributed by atoms with van der Waals surface area (Å²) < 4.78 is 5.19. The Morgan fingerprint density at radius 2 is 1.92 bits per heavy atom. The van der Waals surface area contributed by atoms with Crippen LogP contribution in [0.2, 0.25) is 0 Å². The summed E-state index contributed by atoms with van der Waals surface area (Å²) in [4.78, 5) is 20.3. The van der Waals surface area contributed by atoms with E-state index >= 15 is 0 Å². The highest BCUT2D eigenvalue weighted by Gasteiger charge is 2.33. The smallest absolute Gasteiger partial charge is 0.315 e. The minimum Gasteiger partial charge on any atom is -0.497 e. The first-order valence-electron chi connectivity index (χ1n) is 8.45. The van der Waals surface area contributed by atoms with Crippen LogP contribution in [0.15, 0.2) is 42.7 Å². The topological polar surface area (TPSA) is 88.2 Å². The van der Waals surface area contributed by atoms with Gasteiger partial charge in [0.15, 0.2) is 0 Å². The first-order valence-corrected chi connectivity index (χ1v) is 8.45. The monoisotopic (exact) mass is 341 g/mol. The molecule has 1 aliphatic carbocycles. The normalized spacial score (nSPS) is 14.4. The Hall–Kier alpha value is -2.83. The number of hydrogen-bond donors (Lipinski definition) is 3. The molecule has 25 heavy (non-hydrogen) atoms. The van der Waals surface area contributed by atoms with Crippen LogP contribution >= 0.6 is 0 Å². The molecule has 0 bridgehead atoms. The molecule has 1 saturated carbocycles. The Kier molecular flexibility index (Phi) is 5.66. The fourth-order valence-corrected chi connectivity index (χ4v) is 2.65. The van der Waals surface area contributed by atoms with Gasteiger partial charge in [0.25, 0.3) is 0 Å². The molecule has 7 heteroatoms. The molecule has 3 N–H and O–H groups in total. The molecular weight excluding hydrogens is 318 g/mol. The number of methoxy groups -OCH3 is 1. The third kappa shape index (κ3) is 5.07. The summed E-state index contributed by atoms with van der Waals surface area (Å²) in [5.74, 6) is 1.88. The summed E-state index contributed by atoms with van der Waals surface area (Å²) in [5.41, 5.74) is 1.11. The highest BCUT2D eigenvalue weighted by atomic mass is 16.5. The van der Waals surface area contributed by atoms with Crippen LogP contribution in [0.3, 0.4) is 0 Å². The Morgan fingerprint density at radius 1 is 1.20 bits per heavy atom. The lowest BCUT2D eigenvalue weighted by molar-refractivity contribution is 0.236. The second kappa shape index (κ2) is 8.32. The van der Waals surface area contributed by atoms with Gasteiger partial charge in [0.2, 0.25) is 5.95 Å².